The van der Waals surface area contributed by atoms with E-state index in [2.05, 4.69) is 41.5 Å². The van der Waals surface area contributed by atoms with Gasteiger partial charge in [-0.3, -0.25) is 0 Å². The quantitative estimate of drug-likeness (QED) is 0.249. The number of fused-ring (bicyclic) bond motifs is 5. The highest BCUT2D eigenvalue weighted by Gasteiger charge is 2.72. The Hall–Kier alpha value is -0.360. The Balaban J connectivity index is 1.23. The lowest BCUT2D eigenvalue weighted by atomic mass is 9.35. The summed E-state index contributed by atoms with van der Waals surface area (Å²) in [7, 11) is 0. The second-order valence-corrected chi connectivity index (χ2v) is 18.3. The van der Waals surface area contributed by atoms with E-state index in [9.17, 15) is 30.6 Å². The first kappa shape index (κ1) is 34.5. The molecule has 260 valence electrons. The first-order valence-electron chi connectivity index (χ1n) is 17.8. The molecule has 2 saturated heterocycles. The molecule has 6 N–H and O–H groups in total. The topological polar surface area (TPSA) is 149 Å². The van der Waals surface area contributed by atoms with Gasteiger partial charge in [0.1, 0.15) is 24.4 Å². The van der Waals surface area contributed by atoms with Gasteiger partial charge < -0.3 is 44.8 Å². The van der Waals surface area contributed by atoms with Crippen molar-refractivity contribution in [3.05, 3.63) is 0 Å². The highest BCUT2D eigenvalue weighted by atomic mass is 16.7. The van der Waals surface area contributed by atoms with Crippen LogP contribution in [0.2, 0.25) is 0 Å². The van der Waals surface area contributed by atoms with E-state index < -0.39 is 49.0 Å². The van der Waals surface area contributed by atoms with E-state index in [4.69, 9.17) is 14.2 Å². The molecule has 0 radical (unpaired) electrons. The van der Waals surface area contributed by atoms with Crippen molar-refractivity contribution in [2.24, 2.45) is 45.3 Å². The predicted molar refractivity (Wildman–Crippen MR) is 168 cm³/mol. The summed E-state index contributed by atoms with van der Waals surface area (Å²) in [5.74, 6) is 1.07. The highest BCUT2D eigenvalue weighted by molar-refractivity contribution is 5.20. The van der Waals surface area contributed by atoms with Crippen LogP contribution < -0.4 is 0 Å². The largest absolute Gasteiger partial charge is 0.394 e. The molecule has 4 aliphatic carbocycles. The Labute approximate surface area is 270 Å². The van der Waals surface area contributed by atoms with Crippen molar-refractivity contribution < 1.29 is 44.8 Å². The number of hydrogen-bond donors (Lipinski definition) is 6. The molecule has 6 aliphatic rings. The molecule has 16 atom stereocenters. The Kier molecular flexibility index (Phi) is 8.49. The maximum Gasteiger partial charge on any atom is 0.186 e. The van der Waals surface area contributed by atoms with Gasteiger partial charge in [0.05, 0.1) is 36.1 Å². The number of ether oxygens (including phenoxy) is 3. The second kappa shape index (κ2) is 11.1. The molecule has 0 bridgehead atoms. The van der Waals surface area contributed by atoms with Crippen molar-refractivity contribution in [1.82, 2.24) is 0 Å². The summed E-state index contributed by atoms with van der Waals surface area (Å²) in [4.78, 5) is 0. The third-order valence-electron chi connectivity index (χ3n) is 15.4. The molecule has 2 heterocycles. The van der Waals surface area contributed by atoms with Crippen LogP contribution in [0, 0.1) is 45.3 Å². The maximum absolute atomic E-state index is 12.2. The predicted octanol–water partition coefficient (Wildman–Crippen LogP) is 3.54. The molecule has 9 heteroatoms. The van der Waals surface area contributed by atoms with Gasteiger partial charge >= 0.3 is 0 Å². The number of rotatable bonds is 5. The smallest absolute Gasteiger partial charge is 0.186 e. The first-order valence-corrected chi connectivity index (χ1v) is 17.8. The van der Waals surface area contributed by atoms with E-state index in [-0.39, 0.29) is 51.3 Å². The molecule has 5 unspecified atom stereocenters. The average Bonchev–Trinajstić information content (AvgIpc) is 3.54. The molecule has 2 aliphatic heterocycles. The van der Waals surface area contributed by atoms with Gasteiger partial charge in [0.2, 0.25) is 0 Å². The Morgan fingerprint density at radius 1 is 0.778 bits per heavy atom. The minimum Gasteiger partial charge on any atom is -0.394 e. The molecule has 0 aromatic carbocycles. The fourth-order valence-electron chi connectivity index (χ4n) is 12.6. The van der Waals surface area contributed by atoms with Gasteiger partial charge in [0.15, 0.2) is 6.29 Å². The normalized spacial score (nSPS) is 56.4. The standard InChI is InChI=1S/C36H62O9/c1-31(2)22-10-15-34(6)23(33(22,5)13-11-24(31)44-30-29(41)28(40)27(39)21(18-37)43-30)17-20(38)26-19(9-14-35(26,34)7)36(8)16-12-25(45-36)32(3,4)42/h19-30,37-42H,9-18H2,1-8H3/t19?,20-,21-,22?,23?,24+,25?,26?,27-,28+,29-,30+,33+,34-,35-,36-/m1/s1. The van der Waals surface area contributed by atoms with Crippen LogP contribution in [0.1, 0.15) is 113 Å². The summed E-state index contributed by atoms with van der Waals surface area (Å²) in [5, 5.41) is 63.9. The van der Waals surface area contributed by atoms with Crippen molar-refractivity contribution in [2.45, 2.75) is 173 Å². The minimum absolute atomic E-state index is 0.0153. The van der Waals surface area contributed by atoms with Crippen molar-refractivity contribution in [3.63, 3.8) is 0 Å². The molecular weight excluding hydrogens is 576 g/mol. The van der Waals surface area contributed by atoms with Gasteiger partial charge in [0, 0.05) is 0 Å². The van der Waals surface area contributed by atoms with E-state index in [0.29, 0.717) is 11.8 Å². The summed E-state index contributed by atoms with van der Waals surface area (Å²) in [6.45, 7) is 17.4. The first-order chi connectivity index (χ1) is 20.7. The molecule has 6 rings (SSSR count). The lowest BCUT2D eigenvalue weighted by Crippen LogP contribution is -2.67. The minimum atomic E-state index is -1.46. The summed E-state index contributed by atoms with van der Waals surface area (Å²) >= 11 is 0. The van der Waals surface area contributed by atoms with E-state index in [1.165, 1.54) is 0 Å². The lowest BCUT2D eigenvalue weighted by molar-refractivity contribution is -0.332. The molecular formula is C36H62O9. The van der Waals surface area contributed by atoms with Crippen LogP contribution in [0.15, 0.2) is 0 Å². The Morgan fingerprint density at radius 2 is 1.44 bits per heavy atom. The number of aliphatic hydroxyl groups is 6. The summed E-state index contributed by atoms with van der Waals surface area (Å²) in [6.07, 6.45) is 1.20. The lowest BCUT2D eigenvalue weighted by Gasteiger charge is -2.70. The maximum atomic E-state index is 12.2. The number of hydrogen-bond acceptors (Lipinski definition) is 9. The third kappa shape index (κ3) is 4.95. The van der Waals surface area contributed by atoms with Crippen LogP contribution in [-0.2, 0) is 14.2 Å². The van der Waals surface area contributed by atoms with Crippen molar-refractivity contribution in [3.8, 4) is 0 Å². The van der Waals surface area contributed by atoms with Crippen LogP contribution in [0.5, 0.6) is 0 Å². The monoisotopic (exact) mass is 638 g/mol. The zero-order chi connectivity index (χ0) is 33.1. The van der Waals surface area contributed by atoms with Crippen LogP contribution in [0.25, 0.3) is 0 Å². The zero-order valence-electron chi connectivity index (χ0n) is 28.9. The molecule has 0 aromatic rings. The highest BCUT2D eigenvalue weighted by Crippen LogP contribution is 2.76. The van der Waals surface area contributed by atoms with Crippen molar-refractivity contribution >= 4 is 0 Å². The van der Waals surface area contributed by atoms with Gasteiger partial charge in [-0.05, 0) is 124 Å². The van der Waals surface area contributed by atoms with E-state index in [0.717, 1.165) is 57.8 Å². The van der Waals surface area contributed by atoms with Crippen molar-refractivity contribution in [1.29, 1.82) is 0 Å². The molecule has 6 fully saturated rings. The average molecular weight is 639 g/mol. The van der Waals surface area contributed by atoms with Crippen LogP contribution in [0.3, 0.4) is 0 Å². The van der Waals surface area contributed by atoms with Gasteiger partial charge in [-0.2, -0.15) is 0 Å². The van der Waals surface area contributed by atoms with E-state index in [1.54, 1.807) is 0 Å². The molecule has 0 aromatic heterocycles. The Morgan fingerprint density at radius 3 is 2.07 bits per heavy atom. The van der Waals surface area contributed by atoms with Crippen LogP contribution in [-0.4, -0.2) is 97.5 Å². The third-order valence-corrected chi connectivity index (χ3v) is 15.4. The molecule has 0 amide bonds. The summed E-state index contributed by atoms with van der Waals surface area (Å²) in [5.41, 5.74) is -1.49. The van der Waals surface area contributed by atoms with Gasteiger partial charge in [-0.15, -0.1) is 0 Å². The SMILES string of the molecule is CC(C)(O)C1CC[C@](C)(C2CC[C@]3(C)C2[C@H](O)CC2[C@@]4(C)CC[C@H](O[C@@H]5O[C@H](CO)[C@@H](O)[C@H](O)[C@H]5O)C(C)(C)C4CC[C@]23C)O1. The fraction of sp³-hybridized carbons (Fsp3) is 1.00. The zero-order valence-corrected chi connectivity index (χ0v) is 28.9. The molecule has 0 spiro atoms. The number of aliphatic hydroxyl groups excluding tert-OH is 5. The summed E-state index contributed by atoms with van der Waals surface area (Å²) < 4.78 is 18.9. The van der Waals surface area contributed by atoms with Gasteiger partial charge in [-0.1, -0.05) is 34.6 Å². The van der Waals surface area contributed by atoms with Gasteiger partial charge in [0.25, 0.3) is 0 Å². The van der Waals surface area contributed by atoms with Crippen LogP contribution >= 0.6 is 0 Å². The fourth-order valence-corrected chi connectivity index (χ4v) is 12.6. The van der Waals surface area contributed by atoms with E-state index >= 15 is 0 Å². The van der Waals surface area contributed by atoms with Gasteiger partial charge in [-0.25, -0.2) is 0 Å². The molecule has 4 saturated carbocycles. The van der Waals surface area contributed by atoms with Crippen molar-refractivity contribution in [2.75, 3.05) is 6.61 Å². The molecule has 45 heavy (non-hydrogen) atoms. The summed E-state index contributed by atoms with van der Waals surface area (Å²) in [6, 6.07) is 0. The van der Waals surface area contributed by atoms with Crippen LogP contribution in [0.4, 0.5) is 0 Å². The Bertz CT molecular complexity index is 1110. The molecule has 9 nitrogen and oxygen atoms in total. The van der Waals surface area contributed by atoms with E-state index in [1.807, 2.05) is 13.8 Å². The second-order valence-electron chi connectivity index (χ2n) is 18.3.